The fraction of sp³-hybridized carbons (Fsp3) is 0.636. The number of amides is 1. The molecule has 3 N–H and O–H groups in total. The molecule has 1 aromatic rings. The van der Waals surface area contributed by atoms with E-state index in [1.165, 1.54) is 6.92 Å². The standard InChI is InChI=1S/C33H44N2O11/c1-17(42-29(40)46-31(5,6)7)27(38)34-19(28(39)45-30(2,3)4)16-23(37)43-21-11-12-33(41)22-15-18-9-10-20(36)25-24(18)32(33,26(21)44-25)13-14-35(22)8/h9-11,17,19,22,26,36,41H,12-16H2,1-8H3,(H,34,38)/t17-,19-,22+,26-,32-,33+/m0/s1. The summed E-state index contributed by atoms with van der Waals surface area (Å²) < 4.78 is 27.8. The summed E-state index contributed by atoms with van der Waals surface area (Å²) in [7, 11) is 1.97. The topological polar surface area (TPSA) is 170 Å². The number of rotatable bonds is 7. The molecule has 1 spiro atoms. The number of esters is 2. The second kappa shape index (κ2) is 11.4. The predicted molar refractivity (Wildman–Crippen MR) is 162 cm³/mol. The number of aliphatic hydroxyl groups is 1. The van der Waals surface area contributed by atoms with Crippen LogP contribution in [0, 0.1) is 0 Å². The molecule has 2 heterocycles. The van der Waals surface area contributed by atoms with Crippen LogP contribution >= 0.6 is 0 Å². The van der Waals surface area contributed by atoms with Crippen molar-refractivity contribution < 1.29 is 53.1 Å². The molecule has 2 aliphatic carbocycles. The normalized spacial score (nSPS) is 27.6. The van der Waals surface area contributed by atoms with Crippen LogP contribution in [0.15, 0.2) is 24.0 Å². The summed E-state index contributed by atoms with van der Waals surface area (Å²) in [5.41, 5.74) is -2.31. The number of phenolic OH excluding ortho intramolecular Hbond substituents is 1. The number of likely N-dealkylation sites (tertiary alicyclic amines) is 1. The minimum absolute atomic E-state index is 0.0663. The Morgan fingerprint density at radius 3 is 2.43 bits per heavy atom. The molecule has 5 rings (SSSR count). The first-order chi connectivity index (χ1) is 21.3. The number of phenols is 1. The molecule has 1 amide bonds. The molecule has 1 saturated heterocycles. The second-order valence-corrected chi connectivity index (χ2v) is 14.6. The summed E-state index contributed by atoms with van der Waals surface area (Å²) >= 11 is 0. The van der Waals surface area contributed by atoms with Crippen molar-refractivity contribution in [1.82, 2.24) is 10.2 Å². The van der Waals surface area contributed by atoms with E-state index in [2.05, 4.69) is 10.2 Å². The van der Waals surface area contributed by atoms with Crippen molar-refractivity contribution in [3.8, 4) is 11.5 Å². The van der Waals surface area contributed by atoms with Gasteiger partial charge >= 0.3 is 18.1 Å². The van der Waals surface area contributed by atoms with Gasteiger partial charge in [0.05, 0.1) is 17.4 Å². The Bertz CT molecular complexity index is 1470. The lowest BCUT2D eigenvalue weighted by Crippen LogP contribution is -2.74. The van der Waals surface area contributed by atoms with Crippen molar-refractivity contribution >= 4 is 24.0 Å². The SMILES string of the molecule is C[C@H](OC(=O)OC(C)(C)C)C(=O)N[C@@H](CC(=O)OC1=CC[C@@]2(O)[C@H]3Cc4ccc(O)c5c4[C@@]2(CCN3C)[C@H]1O5)C(=O)OC(C)(C)C. The molecule has 13 heteroatoms. The van der Waals surface area contributed by atoms with Gasteiger partial charge in [-0.3, -0.25) is 9.59 Å². The van der Waals surface area contributed by atoms with Crippen LogP contribution < -0.4 is 10.1 Å². The fourth-order valence-electron chi connectivity index (χ4n) is 7.10. The minimum Gasteiger partial charge on any atom is -0.504 e. The largest absolute Gasteiger partial charge is 0.509 e. The first kappa shape index (κ1) is 33.5. The second-order valence-electron chi connectivity index (χ2n) is 14.6. The summed E-state index contributed by atoms with van der Waals surface area (Å²) in [4.78, 5) is 53.8. The zero-order valence-electron chi connectivity index (χ0n) is 27.6. The van der Waals surface area contributed by atoms with Crippen LogP contribution in [0.25, 0.3) is 0 Å². The zero-order chi connectivity index (χ0) is 34.0. The Kier molecular flexibility index (Phi) is 8.34. The van der Waals surface area contributed by atoms with Crippen molar-refractivity contribution in [3.63, 3.8) is 0 Å². The third-order valence-corrected chi connectivity index (χ3v) is 9.00. The number of carbonyl (C=O) groups excluding carboxylic acids is 4. The van der Waals surface area contributed by atoms with Crippen LogP contribution in [0.4, 0.5) is 4.79 Å². The van der Waals surface area contributed by atoms with Gasteiger partial charge in [0.1, 0.15) is 23.0 Å². The van der Waals surface area contributed by atoms with Crippen molar-refractivity contribution in [2.45, 2.75) is 121 Å². The van der Waals surface area contributed by atoms with E-state index in [-0.39, 0.29) is 29.7 Å². The van der Waals surface area contributed by atoms with Crippen LogP contribution in [0.3, 0.4) is 0 Å². The van der Waals surface area contributed by atoms with Gasteiger partial charge in [-0.25, -0.2) is 9.59 Å². The van der Waals surface area contributed by atoms with E-state index in [9.17, 15) is 29.4 Å². The van der Waals surface area contributed by atoms with Gasteiger partial charge < -0.3 is 44.1 Å². The molecule has 0 saturated carbocycles. The van der Waals surface area contributed by atoms with E-state index in [1.807, 2.05) is 13.1 Å². The number of hydrogen-bond acceptors (Lipinski definition) is 12. The van der Waals surface area contributed by atoms with Crippen LogP contribution in [-0.2, 0) is 45.2 Å². The third-order valence-electron chi connectivity index (χ3n) is 9.00. The average molecular weight is 645 g/mol. The van der Waals surface area contributed by atoms with E-state index in [0.717, 1.165) is 11.1 Å². The first-order valence-corrected chi connectivity index (χ1v) is 15.5. The van der Waals surface area contributed by atoms with Crippen LogP contribution in [0.1, 0.15) is 78.9 Å². The van der Waals surface area contributed by atoms with Crippen LogP contribution in [0.2, 0.25) is 0 Å². The highest BCUT2D eigenvalue weighted by Gasteiger charge is 2.72. The van der Waals surface area contributed by atoms with Gasteiger partial charge in [-0.15, -0.1) is 0 Å². The van der Waals surface area contributed by atoms with E-state index in [1.54, 1.807) is 53.7 Å². The van der Waals surface area contributed by atoms with Gasteiger partial charge in [-0.05, 0) is 92.6 Å². The Morgan fingerprint density at radius 2 is 1.78 bits per heavy atom. The molecule has 0 aromatic heterocycles. The maximum Gasteiger partial charge on any atom is 0.509 e. The Hall–Kier alpha value is -3.84. The van der Waals surface area contributed by atoms with Crippen molar-refractivity contribution in [2.24, 2.45) is 0 Å². The molecule has 13 nitrogen and oxygen atoms in total. The molecular weight excluding hydrogens is 600 g/mol. The number of likely N-dealkylation sites (N-methyl/N-ethyl adjacent to an activating group) is 1. The Labute approximate surface area is 268 Å². The number of benzene rings is 1. The van der Waals surface area contributed by atoms with Gasteiger partial charge in [-0.2, -0.15) is 0 Å². The van der Waals surface area contributed by atoms with Crippen LogP contribution in [0.5, 0.6) is 11.5 Å². The lowest BCUT2D eigenvalue weighted by Gasteiger charge is -2.61. The number of carbonyl (C=O) groups is 4. The van der Waals surface area contributed by atoms with Gasteiger partial charge in [0.2, 0.25) is 0 Å². The molecule has 252 valence electrons. The number of piperidine rings is 1. The minimum atomic E-state index is -1.48. The van der Waals surface area contributed by atoms with Crippen molar-refractivity contribution in [3.05, 3.63) is 35.1 Å². The molecule has 6 atom stereocenters. The first-order valence-electron chi connectivity index (χ1n) is 15.5. The van der Waals surface area contributed by atoms with E-state index in [0.29, 0.717) is 19.4 Å². The molecule has 1 aromatic carbocycles. The number of nitrogens with zero attached hydrogens (tertiary/aromatic N) is 1. The van der Waals surface area contributed by atoms with E-state index in [4.69, 9.17) is 23.7 Å². The maximum atomic E-state index is 13.5. The lowest BCUT2D eigenvalue weighted by atomic mass is 9.50. The summed E-state index contributed by atoms with van der Waals surface area (Å²) in [5, 5.41) is 25.5. The monoisotopic (exact) mass is 644 g/mol. The van der Waals surface area contributed by atoms with Crippen LogP contribution in [-0.4, -0.2) is 93.8 Å². The summed E-state index contributed by atoms with van der Waals surface area (Å²) in [6.07, 6.45) is -1.10. The predicted octanol–water partition coefficient (Wildman–Crippen LogP) is 2.77. The number of nitrogens with one attached hydrogen (secondary N) is 1. The zero-order valence-corrected chi connectivity index (χ0v) is 27.6. The molecular formula is C33H44N2O11. The Morgan fingerprint density at radius 1 is 1.11 bits per heavy atom. The molecule has 2 bridgehead atoms. The fourth-order valence-corrected chi connectivity index (χ4v) is 7.10. The highest BCUT2D eigenvalue weighted by molar-refractivity contribution is 5.90. The molecule has 0 unspecified atom stereocenters. The Balaban J connectivity index is 1.36. The lowest BCUT2D eigenvalue weighted by molar-refractivity contribution is -0.170. The van der Waals surface area contributed by atoms with Gasteiger partial charge in [-0.1, -0.05) is 6.07 Å². The highest BCUT2D eigenvalue weighted by Crippen LogP contribution is 2.65. The van der Waals surface area contributed by atoms with Crippen molar-refractivity contribution in [2.75, 3.05) is 13.6 Å². The quantitative estimate of drug-likeness (QED) is 0.294. The van der Waals surface area contributed by atoms with Gasteiger partial charge in [0.15, 0.2) is 23.7 Å². The molecule has 46 heavy (non-hydrogen) atoms. The summed E-state index contributed by atoms with van der Waals surface area (Å²) in [6, 6.07) is 1.71. The molecule has 1 fully saturated rings. The third kappa shape index (κ3) is 5.90. The van der Waals surface area contributed by atoms with E-state index < -0.39 is 70.9 Å². The smallest absolute Gasteiger partial charge is 0.504 e. The van der Waals surface area contributed by atoms with E-state index >= 15 is 0 Å². The molecule has 4 aliphatic rings. The van der Waals surface area contributed by atoms with Gasteiger partial charge in [0, 0.05) is 18.0 Å². The number of aromatic hydroxyl groups is 1. The average Bonchev–Trinajstić information content (AvgIpc) is 3.27. The molecule has 0 radical (unpaired) electrons. The van der Waals surface area contributed by atoms with Gasteiger partial charge in [0.25, 0.3) is 5.91 Å². The summed E-state index contributed by atoms with van der Waals surface area (Å²) in [5.74, 6) is -2.26. The summed E-state index contributed by atoms with van der Waals surface area (Å²) in [6.45, 7) is 11.8. The number of ether oxygens (including phenoxy) is 5. The molecule has 2 aliphatic heterocycles. The number of hydrogen-bond donors (Lipinski definition) is 3. The highest BCUT2D eigenvalue weighted by atomic mass is 16.7. The maximum absolute atomic E-state index is 13.5. The van der Waals surface area contributed by atoms with Crippen molar-refractivity contribution in [1.29, 1.82) is 0 Å².